The fourth-order valence-corrected chi connectivity index (χ4v) is 5.15. The topological polar surface area (TPSA) is 105 Å². The van der Waals surface area contributed by atoms with Crippen LogP contribution in [0.15, 0.2) is 54.6 Å². The number of nitrogens with one attached hydrogen (secondary N) is 1. The molecule has 0 spiro atoms. The molecule has 1 fully saturated rings. The Bertz CT molecular complexity index is 1290. The number of anilines is 2. The van der Waals surface area contributed by atoms with Gasteiger partial charge in [0.05, 0.1) is 11.4 Å². The first-order valence-corrected chi connectivity index (χ1v) is 13.4. The Morgan fingerprint density at radius 3 is 2.21 bits per heavy atom. The minimum absolute atomic E-state index is 0.0459. The molecule has 200 valence electrons. The third-order valence-corrected chi connectivity index (χ3v) is 7.26. The lowest BCUT2D eigenvalue weighted by Crippen LogP contribution is -2.43. The Morgan fingerprint density at radius 2 is 1.66 bits per heavy atom. The molecule has 2 aromatic carbocycles. The number of carbonyl (C=O) groups excluding carboxylic acids is 2. The average Bonchev–Trinajstić information content (AvgIpc) is 3.29. The predicted octanol–water partition coefficient (Wildman–Crippen LogP) is 5.95. The molecular weight excluding hydrogens is 480 g/mol. The summed E-state index contributed by atoms with van der Waals surface area (Å²) in [6.07, 6.45) is 4.00. The van der Waals surface area contributed by atoms with Gasteiger partial charge in [0, 0.05) is 23.2 Å². The molecule has 2 amide bonds. The van der Waals surface area contributed by atoms with Gasteiger partial charge in [-0.1, -0.05) is 32.0 Å². The van der Waals surface area contributed by atoms with Crippen LogP contribution in [-0.4, -0.2) is 38.7 Å². The van der Waals surface area contributed by atoms with E-state index in [0.717, 1.165) is 25.7 Å². The molecule has 0 radical (unpaired) electrons. The number of aromatic carboxylic acids is 1. The van der Waals surface area contributed by atoms with Crippen molar-refractivity contribution in [2.24, 2.45) is 11.8 Å². The largest absolute Gasteiger partial charge is 0.477 e. The summed E-state index contributed by atoms with van der Waals surface area (Å²) in [6.45, 7) is 7.85. The normalized spacial score (nSPS) is 17.3. The standard InChI is InChI=1S/C30H36N4O4/c1-5-25-26(30(37)38)27(33(19(2)3)29(36)22-13-11-20(4)12-14-22)32-34(25)24-17-15-21(16-18-24)28(35)31-23-9-7-6-8-10-23/h6-10,15-20,22H,5,11-14H2,1-4H3,(H,31,35)(H,37,38). The first-order valence-electron chi connectivity index (χ1n) is 13.4. The average molecular weight is 517 g/mol. The number of para-hydroxylation sites is 1. The highest BCUT2D eigenvalue weighted by molar-refractivity contribution is 6.04. The second kappa shape index (κ2) is 11.6. The van der Waals surface area contributed by atoms with Gasteiger partial charge in [-0.3, -0.25) is 14.5 Å². The molecule has 2 N–H and O–H groups in total. The van der Waals surface area contributed by atoms with E-state index < -0.39 is 5.97 Å². The van der Waals surface area contributed by atoms with Gasteiger partial charge in [-0.05, 0) is 88.3 Å². The van der Waals surface area contributed by atoms with E-state index >= 15 is 0 Å². The van der Waals surface area contributed by atoms with Crippen molar-refractivity contribution in [3.8, 4) is 5.69 Å². The summed E-state index contributed by atoms with van der Waals surface area (Å²) < 4.78 is 1.59. The van der Waals surface area contributed by atoms with Crippen LogP contribution in [0, 0.1) is 11.8 Å². The Balaban J connectivity index is 1.68. The number of hydrogen-bond donors (Lipinski definition) is 2. The number of carbonyl (C=O) groups is 3. The molecule has 1 aliphatic carbocycles. The summed E-state index contributed by atoms with van der Waals surface area (Å²) in [5, 5.41) is 17.8. The zero-order valence-corrected chi connectivity index (χ0v) is 22.5. The maximum Gasteiger partial charge on any atom is 0.341 e. The van der Waals surface area contributed by atoms with E-state index in [1.54, 1.807) is 33.8 Å². The van der Waals surface area contributed by atoms with E-state index in [1.807, 2.05) is 51.1 Å². The van der Waals surface area contributed by atoms with Crippen molar-refractivity contribution in [1.82, 2.24) is 9.78 Å². The molecule has 1 heterocycles. The van der Waals surface area contributed by atoms with Crippen molar-refractivity contribution in [2.45, 2.75) is 65.8 Å². The molecule has 1 aromatic heterocycles. The number of amides is 2. The number of carboxylic acids is 1. The Morgan fingerprint density at radius 1 is 1.03 bits per heavy atom. The third-order valence-electron chi connectivity index (χ3n) is 7.26. The molecule has 0 aliphatic heterocycles. The molecule has 0 atom stereocenters. The highest BCUT2D eigenvalue weighted by atomic mass is 16.4. The first-order chi connectivity index (χ1) is 18.2. The van der Waals surface area contributed by atoms with Crippen molar-refractivity contribution in [2.75, 3.05) is 10.2 Å². The van der Waals surface area contributed by atoms with Gasteiger partial charge in [-0.15, -0.1) is 5.10 Å². The summed E-state index contributed by atoms with van der Waals surface area (Å²) >= 11 is 0. The van der Waals surface area contributed by atoms with Gasteiger partial charge in [0.1, 0.15) is 5.56 Å². The van der Waals surface area contributed by atoms with E-state index in [2.05, 4.69) is 12.2 Å². The zero-order valence-electron chi connectivity index (χ0n) is 22.5. The molecule has 8 nitrogen and oxygen atoms in total. The molecule has 0 unspecified atom stereocenters. The molecule has 4 rings (SSSR count). The van der Waals surface area contributed by atoms with E-state index in [1.165, 1.54) is 0 Å². The minimum Gasteiger partial charge on any atom is -0.477 e. The highest BCUT2D eigenvalue weighted by Crippen LogP contribution is 2.34. The van der Waals surface area contributed by atoms with Crippen LogP contribution >= 0.6 is 0 Å². The summed E-state index contributed by atoms with van der Waals surface area (Å²) in [7, 11) is 0. The summed E-state index contributed by atoms with van der Waals surface area (Å²) in [5.41, 5.74) is 2.33. The van der Waals surface area contributed by atoms with Gasteiger partial charge in [0.25, 0.3) is 5.91 Å². The van der Waals surface area contributed by atoms with Crippen LogP contribution in [0.2, 0.25) is 0 Å². The van der Waals surface area contributed by atoms with Crippen LogP contribution in [0.1, 0.15) is 79.8 Å². The molecule has 1 saturated carbocycles. The van der Waals surface area contributed by atoms with Crippen LogP contribution in [0.25, 0.3) is 5.69 Å². The number of hydrogen-bond acceptors (Lipinski definition) is 4. The molecule has 3 aromatic rings. The van der Waals surface area contributed by atoms with Crippen molar-refractivity contribution in [1.29, 1.82) is 0 Å². The molecule has 38 heavy (non-hydrogen) atoms. The lowest BCUT2D eigenvalue weighted by atomic mass is 9.82. The summed E-state index contributed by atoms with van der Waals surface area (Å²) in [4.78, 5) is 40.4. The molecule has 8 heteroatoms. The number of nitrogens with zero attached hydrogens (tertiary/aromatic N) is 3. The first kappa shape index (κ1) is 27.1. The van der Waals surface area contributed by atoms with Crippen molar-refractivity contribution in [3.63, 3.8) is 0 Å². The SMILES string of the molecule is CCc1c(C(=O)O)c(N(C(=O)C2CCC(C)CC2)C(C)C)nn1-c1ccc(C(=O)Nc2ccccc2)cc1. The Labute approximate surface area is 223 Å². The monoisotopic (exact) mass is 516 g/mol. The lowest BCUT2D eigenvalue weighted by molar-refractivity contribution is -0.124. The fourth-order valence-electron chi connectivity index (χ4n) is 5.15. The van der Waals surface area contributed by atoms with Gasteiger partial charge in [0.15, 0.2) is 5.82 Å². The third kappa shape index (κ3) is 5.64. The van der Waals surface area contributed by atoms with Crippen molar-refractivity contribution < 1.29 is 19.5 Å². The van der Waals surface area contributed by atoms with Gasteiger partial charge < -0.3 is 10.4 Å². The number of aromatic nitrogens is 2. The van der Waals surface area contributed by atoms with Crippen LogP contribution in [-0.2, 0) is 11.2 Å². The van der Waals surface area contributed by atoms with E-state index in [9.17, 15) is 19.5 Å². The summed E-state index contributed by atoms with van der Waals surface area (Å²) in [5.74, 6) is -0.770. The maximum atomic E-state index is 13.7. The second-order valence-electron chi connectivity index (χ2n) is 10.3. The smallest absolute Gasteiger partial charge is 0.341 e. The van der Waals surface area contributed by atoms with E-state index in [4.69, 9.17) is 5.10 Å². The molecular formula is C30H36N4O4. The van der Waals surface area contributed by atoms with E-state index in [0.29, 0.717) is 35.0 Å². The second-order valence-corrected chi connectivity index (χ2v) is 10.3. The van der Waals surface area contributed by atoms with Gasteiger partial charge in [-0.25, -0.2) is 9.48 Å². The fraction of sp³-hybridized carbons (Fsp3) is 0.400. The van der Waals surface area contributed by atoms with Crippen LogP contribution < -0.4 is 10.2 Å². The van der Waals surface area contributed by atoms with Gasteiger partial charge in [0.2, 0.25) is 5.91 Å². The van der Waals surface area contributed by atoms with Crippen LogP contribution in [0.3, 0.4) is 0 Å². The predicted molar refractivity (Wildman–Crippen MR) is 148 cm³/mol. The Kier molecular flexibility index (Phi) is 8.29. The molecule has 1 aliphatic rings. The van der Waals surface area contributed by atoms with Crippen LogP contribution in [0.5, 0.6) is 0 Å². The minimum atomic E-state index is -1.11. The van der Waals surface area contributed by atoms with Gasteiger partial charge >= 0.3 is 5.97 Å². The Hall–Kier alpha value is -3.94. The maximum absolute atomic E-state index is 13.7. The van der Waals surface area contributed by atoms with Crippen LogP contribution in [0.4, 0.5) is 11.5 Å². The van der Waals surface area contributed by atoms with Crippen molar-refractivity contribution in [3.05, 3.63) is 71.4 Å². The van der Waals surface area contributed by atoms with Gasteiger partial charge in [-0.2, -0.15) is 0 Å². The number of rotatable bonds is 8. The molecule has 0 saturated heterocycles. The number of carboxylic acid groups (broad SMARTS) is 1. The van der Waals surface area contributed by atoms with Crippen molar-refractivity contribution >= 4 is 29.3 Å². The quantitative estimate of drug-likeness (QED) is 0.385. The highest BCUT2D eigenvalue weighted by Gasteiger charge is 2.35. The molecule has 0 bridgehead atoms. The number of benzene rings is 2. The zero-order chi connectivity index (χ0) is 27.4. The lowest BCUT2D eigenvalue weighted by Gasteiger charge is -2.32. The van der Waals surface area contributed by atoms with E-state index in [-0.39, 0.29) is 35.2 Å². The summed E-state index contributed by atoms with van der Waals surface area (Å²) in [6, 6.07) is 15.8.